The molecule has 1 unspecified atom stereocenters. The zero-order valence-corrected chi connectivity index (χ0v) is 14.3. The summed E-state index contributed by atoms with van der Waals surface area (Å²) in [4.78, 5) is 2.25. The van der Waals surface area contributed by atoms with E-state index in [1.165, 1.54) is 0 Å². The van der Waals surface area contributed by atoms with Gasteiger partial charge in [0.15, 0.2) is 0 Å². The lowest BCUT2D eigenvalue weighted by atomic mass is 10.1. The van der Waals surface area contributed by atoms with Crippen molar-refractivity contribution in [3.63, 3.8) is 0 Å². The minimum absolute atomic E-state index is 0.223. The van der Waals surface area contributed by atoms with Crippen LogP contribution >= 0.6 is 0 Å². The Morgan fingerprint density at radius 3 is 2.84 bits per heavy atom. The average molecular weight is 340 g/mol. The molecular weight excluding hydrogens is 320 g/mol. The predicted octanol–water partition coefficient (Wildman–Crippen LogP) is 2.92. The van der Waals surface area contributed by atoms with Crippen LogP contribution in [-0.4, -0.2) is 46.1 Å². The fraction of sp³-hybridized carbons (Fsp3) is 0.389. The summed E-state index contributed by atoms with van der Waals surface area (Å²) in [5, 5.41) is 12.6. The summed E-state index contributed by atoms with van der Waals surface area (Å²) in [6, 6.07) is 9.84. The Morgan fingerprint density at radius 1 is 1.20 bits per heavy atom. The number of hydrogen-bond donors (Lipinski definition) is 0. The highest BCUT2D eigenvalue weighted by molar-refractivity contribution is 5.77. The lowest BCUT2D eigenvalue weighted by molar-refractivity contribution is -0.0235. The molecule has 0 bridgehead atoms. The zero-order chi connectivity index (χ0) is 17.2. The van der Waals surface area contributed by atoms with Crippen molar-refractivity contribution in [1.82, 2.24) is 20.3 Å². The normalized spacial score (nSPS) is 18.6. The highest BCUT2D eigenvalue weighted by Crippen LogP contribution is 2.33. The molecule has 0 spiro atoms. The van der Waals surface area contributed by atoms with Crippen LogP contribution < -0.4 is 0 Å². The molecule has 0 radical (unpaired) electrons. The van der Waals surface area contributed by atoms with Crippen LogP contribution in [0.1, 0.15) is 18.6 Å². The van der Waals surface area contributed by atoms with E-state index in [4.69, 9.17) is 13.7 Å². The van der Waals surface area contributed by atoms with Crippen molar-refractivity contribution in [3.8, 4) is 22.7 Å². The number of benzene rings is 1. The van der Waals surface area contributed by atoms with Crippen molar-refractivity contribution >= 4 is 0 Å². The molecule has 7 nitrogen and oxygen atoms in total. The van der Waals surface area contributed by atoms with Crippen molar-refractivity contribution < 1.29 is 13.7 Å². The van der Waals surface area contributed by atoms with Gasteiger partial charge in [-0.15, -0.1) is 10.2 Å². The SMILES string of the molecule is Cc1onc(-c2ccccc2)c1-c1nnc(CN2CCOC(C)C2)o1. The van der Waals surface area contributed by atoms with Gasteiger partial charge in [0.2, 0.25) is 5.89 Å². The first-order valence-electron chi connectivity index (χ1n) is 8.39. The van der Waals surface area contributed by atoms with Crippen molar-refractivity contribution in [2.45, 2.75) is 26.5 Å². The first-order valence-corrected chi connectivity index (χ1v) is 8.39. The van der Waals surface area contributed by atoms with E-state index in [1.807, 2.05) is 37.3 Å². The molecule has 1 aliphatic heterocycles. The Bertz CT molecular complexity index is 843. The Balaban J connectivity index is 1.59. The van der Waals surface area contributed by atoms with E-state index in [2.05, 4.69) is 27.2 Å². The molecule has 1 saturated heterocycles. The molecule has 1 aliphatic rings. The Hall–Kier alpha value is -2.51. The monoisotopic (exact) mass is 340 g/mol. The maximum atomic E-state index is 5.90. The third-order valence-electron chi connectivity index (χ3n) is 4.27. The number of aromatic nitrogens is 3. The highest BCUT2D eigenvalue weighted by Gasteiger charge is 2.23. The van der Waals surface area contributed by atoms with E-state index < -0.39 is 0 Å². The van der Waals surface area contributed by atoms with Crippen LogP contribution in [0.2, 0.25) is 0 Å². The van der Waals surface area contributed by atoms with Crippen LogP contribution in [0.4, 0.5) is 0 Å². The molecule has 4 rings (SSSR count). The molecule has 0 amide bonds. The summed E-state index contributed by atoms with van der Waals surface area (Å²) in [7, 11) is 0. The van der Waals surface area contributed by atoms with Crippen LogP contribution in [0.15, 0.2) is 39.3 Å². The van der Waals surface area contributed by atoms with E-state index in [9.17, 15) is 0 Å². The van der Waals surface area contributed by atoms with Gasteiger partial charge in [-0.05, 0) is 13.8 Å². The Morgan fingerprint density at radius 2 is 2.04 bits per heavy atom. The molecule has 1 aromatic carbocycles. The third-order valence-corrected chi connectivity index (χ3v) is 4.27. The van der Waals surface area contributed by atoms with Gasteiger partial charge in [0.05, 0.1) is 19.3 Å². The summed E-state index contributed by atoms with van der Waals surface area (Å²) in [6.45, 7) is 6.99. The van der Waals surface area contributed by atoms with Gasteiger partial charge in [0, 0.05) is 18.7 Å². The van der Waals surface area contributed by atoms with E-state index in [0.717, 1.165) is 30.8 Å². The van der Waals surface area contributed by atoms with E-state index in [-0.39, 0.29) is 6.10 Å². The molecule has 130 valence electrons. The minimum Gasteiger partial charge on any atom is -0.419 e. The molecule has 0 aliphatic carbocycles. The largest absolute Gasteiger partial charge is 0.419 e. The topological polar surface area (TPSA) is 77.4 Å². The van der Waals surface area contributed by atoms with Gasteiger partial charge in [-0.3, -0.25) is 4.90 Å². The number of morpholine rings is 1. The molecule has 1 atom stereocenters. The van der Waals surface area contributed by atoms with Crippen LogP contribution in [0.3, 0.4) is 0 Å². The highest BCUT2D eigenvalue weighted by atomic mass is 16.5. The second-order valence-electron chi connectivity index (χ2n) is 6.25. The molecule has 0 N–H and O–H groups in total. The first-order chi connectivity index (χ1) is 12.2. The smallest absolute Gasteiger partial charge is 0.253 e. The second-order valence-corrected chi connectivity index (χ2v) is 6.25. The first kappa shape index (κ1) is 16.0. The van der Waals surface area contributed by atoms with Gasteiger partial charge in [0.1, 0.15) is 17.0 Å². The van der Waals surface area contributed by atoms with E-state index >= 15 is 0 Å². The Labute approximate surface area is 145 Å². The lowest BCUT2D eigenvalue weighted by Gasteiger charge is -2.29. The molecule has 3 aromatic rings. The van der Waals surface area contributed by atoms with E-state index in [1.54, 1.807) is 0 Å². The van der Waals surface area contributed by atoms with Gasteiger partial charge in [-0.25, -0.2) is 0 Å². The van der Waals surface area contributed by atoms with Crippen LogP contribution in [0.25, 0.3) is 22.7 Å². The number of rotatable bonds is 4. The fourth-order valence-corrected chi connectivity index (χ4v) is 3.06. The zero-order valence-electron chi connectivity index (χ0n) is 14.3. The fourth-order valence-electron chi connectivity index (χ4n) is 3.06. The number of aryl methyl sites for hydroxylation is 1. The molecule has 3 heterocycles. The van der Waals surface area contributed by atoms with E-state index in [0.29, 0.717) is 29.8 Å². The van der Waals surface area contributed by atoms with Crippen LogP contribution in [0.5, 0.6) is 0 Å². The molecule has 7 heteroatoms. The quantitative estimate of drug-likeness (QED) is 0.722. The summed E-state index contributed by atoms with van der Waals surface area (Å²) in [5.74, 6) is 1.69. The number of ether oxygens (including phenoxy) is 1. The number of hydrogen-bond acceptors (Lipinski definition) is 7. The molecular formula is C18H20N4O3. The number of nitrogens with zero attached hydrogens (tertiary/aromatic N) is 4. The van der Waals surface area contributed by atoms with Crippen molar-refractivity contribution in [2.75, 3.05) is 19.7 Å². The van der Waals surface area contributed by atoms with Gasteiger partial charge < -0.3 is 13.7 Å². The standard InChI is InChI=1S/C18H20N4O3/c1-12-10-22(8-9-23-12)11-15-19-20-18(24-15)16-13(2)25-21-17(16)14-6-4-3-5-7-14/h3-7,12H,8-11H2,1-2H3. The van der Waals surface area contributed by atoms with Gasteiger partial charge in [-0.1, -0.05) is 35.5 Å². The summed E-state index contributed by atoms with van der Waals surface area (Å²) >= 11 is 0. The summed E-state index contributed by atoms with van der Waals surface area (Å²) in [5.41, 5.74) is 2.42. The van der Waals surface area contributed by atoms with Gasteiger partial charge in [-0.2, -0.15) is 0 Å². The lowest BCUT2D eigenvalue weighted by Crippen LogP contribution is -2.40. The van der Waals surface area contributed by atoms with Crippen molar-refractivity contribution in [1.29, 1.82) is 0 Å². The molecule has 1 fully saturated rings. The Kier molecular flexibility index (Phi) is 4.33. The maximum absolute atomic E-state index is 5.90. The summed E-state index contributed by atoms with van der Waals surface area (Å²) in [6.07, 6.45) is 0.223. The third kappa shape index (κ3) is 3.33. The predicted molar refractivity (Wildman–Crippen MR) is 90.7 cm³/mol. The molecule has 2 aromatic heterocycles. The van der Waals surface area contributed by atoms with Crippen molar-refractivity contribution in [2.24, 2.45) is 0 Å². The second kappa shape index (κ2) is 6.78. The van der Waals surface area contributed by atoms with Gasteiger partial charge >= 0.3 is 0 Å². The van der Waals surface area contributed by atoms with Crippen LogP contribution in [0, 0.1) is 6.92 Å². The minimum atomic E-state index is 0.223. The van der Waals surface area contributed by atoms with Crippen molar-refractivity contribution in [3.05, 3.63) is 42.0 Å². The molecule has 25 heavy (non-hydrogen) atoms. The molecule has 0 saturated carbocycles. The van der Waals surface area contributed by atoms with Crippen LogP contribution in [-0.2, 0) is 11.3 Å². The maximum Gasteiger partial charge on any atom is 0.253 e. The van der Waals surface area contributed by atoms with Gasteiger partial charge in [0.25, 0.3) is 5.89 Å². The summed E-state index contributed by atoms with van der Waals surface area (Å²) < 4.78 is 16.8. The average Bonchev–Trinajstić information content (AvgIpc) is 3.22.